The maximum atomic E-state index is 11.5. The Labute approximate surface area is 110 Å². The first-order chi connectivity index (χ1) is 9.08. The highest BCUT2D eigenvalue weighted by molar-refractivity contribution is 5.90. The Hall–Kier alpha value is -2.08. The molecule has 6 heteroatoms. The van der Waals surface area contributed by atoms with E-state index in [1.54, 1.807) is 6.92 Å². The molecule has 0 heterocycles. The summed E-state index contributed by atoms with van der Waals surface area (Å²) < 4.78 is 9.71. The zero-order valence-electron chi connectivity index (χ0n) is 10.6. The van der Waals surface area contributed by atoms with Gasteiger partial charge in [0, 0.05) is 13.0 Å². The van der Waals surface area contributed by atoms with Crippen molar-refractivity contribution in [2.75, 3.05) is 13.2 Å². The van der Waals surface area contributed by atoms with E-state index in [4.69, 9.17) is 14.6 Å². The Balaban J connectivity index is 2.79. The van der Waals surface area contributed by atoms with Gasteiger partial charge in [0.15, 0.2) is 11.5 Å². The molecule has 6 nitrogen and oxygen atoms in total. The van der Waals surface area contributed by atoms with Gasteiger partial charge in [-0.2, -0.15) is 0 Å². The van der Waals surface area contributed by atoms with Crippen LogP contribution in [0.3, 0.4) is 0 Å². The summed E-state index contributed by atoms with van der Waals surface area (Å²) >= 11 is 0. The number of aliphatic hydroxyl groups excluding tert-OH is 1. The average Bonchev–Trinajstić information content (AvgIpc) is 2.39. The Morgan fingerprint density at radius 2 is 2.05 bits per heavy atom. The van der Waals surface area contributed by atoms with Gasteiger partial charge in [0.1, 0.15) is 0 Å². The van der Waals surface area contributed by atoms with Crippen LogP contribution in [-0.2, 0) is 9.53 Å². The van der Waals surface area contributed by atoms with Crippen molar-refractivity contribution < 1.29 is 29.3 Å². The highest BCUT2D eigenvalue weighted by Gasteiger charge is 2.13. The topological polar surface area (TPSA) is 93.1 Å². The molecule has 0 amide bonds. The summed E-state index contributed by atoms with van der Waals surface area (Å²) in [6, 6.07) is 3.86. The minimum absolute atomic E-state index is 0.0274. The molecule has 0 saturated carbocycles. The van der Waals surface area contributed by atoms with Gasteiger partial charge in [-0.05, 0) is 31.5 Å². The van der Waals surface area contributed by atoms with E-state index >= 15 is 0 Å². The molecule has 1 aromatic carbocycles. The molecule has 0 aliphatic rings. The number of esters is 2. The Morgan fingerprint density at radius 1 is 1.32 bits per heavy atom. The highest BCUT2D eigenvalue weighted by Crippen LogP contribution is 2.27. The van der Waals surface area contributed by atoms with Gasteiger partial charge < -0.3 is 19.7 Å². The largest absolute Gasteiger partial charge is 0.504 e. The highest BCUT2D eigenvalue weighted by atomic mass is 16.5. The first kappa shape index (κ1) is 15.0. The molecule has 104 valence electrons. The third-order valence-electron chi connectivity index (χ3n) is 2.23. The van der Waals surface area contributed by atoms with Crippen molar-refractivity contribution in [3.63, 3.8) is 0 Å². The van der Waals surface area contributed by atoms with Crippen LogP contribution >= 0.6 is 0 Å². The normalized spacial score (nSPS) is 10.0. The molecular weight excluding hydrogens is 252 g/mol. The number of phenols is 1. The predicted octanol–water partition coefficient (Wildman–Crippen LogP) is 1.25. The molecule has 0 atom stereocenters. The van der Waals surface area contributed by atoms with Crippen LogP contribution in [0.25, 0.3) is 0 Å². The van der Waals surface area contributed by atoms with Crippen molar-refractivity contribution in [3.8, 4) is 11.5 Å². The lowest BCUT2D eigenvalue weighted by atomic mass is 10.2. The number of hydrogen-bond donors (Lipinski definition) is 2. The number of rotatable bonds is 6. The number of phenolic OH excluding ortho intramolecular Hbond substituents is 1. The first-order valence-electron chi connectivity index (χ1n) is 5.90. The van der Waals surface area contributed by atoms with E-state index in [0.717, 1.165) is 0 Å². The summed E-state index contributed by atoms with van der Waals surface area (Å²) in [6.45, 7) is 1.78. The molecule has 0 unspecified atom stereocenters. The van der Waals surface area contributed by atoms with Crippen LogP contribution in [0.1, 0.15) is 30.1 Å². The fourth-order valence-electron chi connectivity index (χ4n) is 1.33. The van der Waals surface area contributed by atoms with Crippen LogP contribution in [-0.4, -0.2) is 35.4 Å². The molecule has 1 rings (SSSR count). The third kappa shape index (κ3) is 4.59. The summed E-state index contributed by atoms with van der Waals surface area (Å²) in [4.78, 5) is 22.9. The van der Waals surface area contributed by atoms with Crippen LogP contribution < -0.4 is 4.74 Å². The number of aromatic hydroxyl groups is 1. The quantitative estimate of drug-likeness (QED) is 0.595. The molecule has 0 saturated heterocycles. The van der Waals surface area contributed by atoms with Crippen molar-refractivity contribution in [2.45, 2.75) is 19.8 Å². The molecule has 19 heavy (non-hydrogen) atoms. The number of ether oxygens (including phenoxy) is 2. The lowest BCUT2D eigenvalue weighted by Crippen LogP contribution is -2.10. The lowest BCUT2D eigenvalue weighted by Gasteiger charge is -2.08. The molecule has 0 bridgehead atoms. The minimum atomic E-state index is -0.592. The van der Waals surface area contributed by atoms with Gasteiger partial charge in [0.25, 0.3) is 0 Å². The number of hydrogen-bond acceptors (Lipinski definition) is 6. The number of benzene rings is 1. The van der Waals surface area contributed by atoms with E-state index in [9.17, 15) is 14.7 Å². The van der Waals surface area contributed by atoms with Crippen molar-refractivity contribution in [3.05, 3.63) is 23.8 Å². The maximum Gasteiger partial charge on any atom is 0.338 e. The van der Waals surface area contributed by atoms with Crippen LogP contribution in [0.2, 0.25) is 0 Å². The molecular formula is C13H16O6. The molecule has 0 aliphatic heterocycles. The standard InChI is InChI=1S/C13H16O6/c1-2-18-13(17)9-5-6-10(15)11(8-9)19-12(16)4-3-7-14/h5-6,8,14-15H,2-4,7H2,1H3. The number of carbonyl (C=O) groups is 2. The lowest BCUT2D eigenvalue weighted by molar-refractivity contribution is -0.134. The van der Waals surface area contributed by atoms with E-state index in [-0.39, 0.29) is 43.1 Å². The van der Waals surface area contributed by atoms with E-state index in [1.165, 1.54) is 18.2 Å². The zero-order valence-corrected chi connectivity index (χ0v) is 10.6. The fourth-order valence-corrected chi connectivity index (χ4v) is 1.33. The summed E-state index contributed by atoms with van der Waals surface area (Å²) in [7, 11) is 0. The summed E-state index contributed by atoms with van der Waals surface area (Å²) in [6.07, 6.45) is 0.302. The van der Waals surface area contributed by atoms with Crippen LogP contribution in [0.5, 0.6) is 11.5 Å². The van der Waals surface area contributed by atoms with Crippen molar-refractivity contribution in [2.24, 2.45) is 0 Å². The average molecular weight is 268 g/mol. The summed E-state index contributed by atoms with van der Waals surface area (Å²) in [5.74, 6) is -1.50. The van der Waals surface area contributed by atoms with Crippen LogP contribution in [0.4, 0.5) is 0 Å². The Morgan fingerprint density at radius 3 is 2.68 bits per heavy atom. The van der Waals surface area contributed by atoms with Gasteiger partial charge in [-0.1, -0.05) is 0 Å². The Bertz CT molecular complexity index is 454. The van der Waals surface area contributed by atoms with Gasteiger partial charge >= 0.3 is 11.9 Å². The van der Waals surface area contributed by atoms with Crippen LogP contribution in [0.15, 0.2) is 18.2 Å². The fraction of sp³-hybridized carbons (Fsp3) is 0.385. The number of aliphatic hydroxyl groups is 1. The van der Waals surface area contributed by atoms with Gasteiger partial charge in [0.05, 0.1) is 12.2 Å². The second-order valence-corrected chi connectivity index (χ2v) is 3.70. The zero-order chi connectivity index (χ0) is 14.3. The van der Waals surface area contributed by atoms with E-state index in [0.29, 0.717) is 0 Å². The van der Waals surface area contributed by atoms with E-state index in [1.807, 2.05) is 0 Å². The summed E-state index contributed by atoms with van der Waals surface area (Å²) in [5, 5.41) is 18.1. The minimum Gasteiger partial charge on any atom is -0.504 e. The van der Waals surface area contributed by atoms with Crippen molar-refractivity contribution >= 4 is 11.9 Å². The predicted molar refractivity (Wildman–Crippen MR) is 66.0 cm³/mol. The van der Waals surface area contributed by atoms with Gasteiger partial charge in [-0.25, -0.2) is 4.79 Å². The molecule has 2 N–H and O–H groups in total. The molecule has 0 fully saturated rings. The molecule has 1 aromatic rings. The smallest absolute Gasteiger partial charge is 0.338 e. The van der Waals surface area contributed by atoms with E-state index < -0.39 is 11.9 Å². The Kier molecular flexibility index (Phi) is 5.81. The maximum absolute atomic E-state index is 11.5. The molecule has 0 radical (unpaired) electrons. The first-order valence-corrected chi connectivity index (χ1v) is 5.90. The second kappa shape index (κ2) is 7.38. The van der Waals surface area contributed by atoms with E-state index in [2.05, 4.69) is 0 Å². The van der Waals surface area contributed by atoms with Crippen LogP contribution in [0, 0.1) is 0 Å². The van der Waals surface area contributed by atoms with Gasteiger partial charge in [-0.3, -0.25) is 4.79 Å². The second-order valence-electron chi connectivity index (χ2n) is 3.70. The van der Waals surface area contributed by atoms with Crippen molar-refractivity contribution in [1.82, 2.24) is 0 Å². The molecule has 0 aromatic heterocycles. The molecule has 0 spiro atoms. The molecule has 0 aliphatic carbocycles. The number of carbonyl (C=O) groups excluding carboxylic acids is 2. The summed E-state index contributed by atoms with van der Waals surface area (Å²) in [5.41, 5.74) is 0.185. The van der Waals surface area contributed by atoms with Gasteiger partial charge in [-0.15, -0.1) is 0 Å². The third-order valence-corrected chi connectivity index (χ3v) is 2.23. The SMILES string of the molecule is CCOC(=O)c1ccc(O)c(OC(=O)CCCO)c1. The van der Waals surface area contributed by atoms with Gasteiger partial charge in [0.2, 0.25) is 0 Å². The monoisotopic (exact) mass is 268 g/mol. The van der Waals surface area contributed by atoms with Crippen molar-refractivity contribution in [1.29, 1.82) is 0 Å².